The Morgan fingerprint density at radius 3 is 0.833 bits per heavy atom. The van der Waals surface area contributed by atoms with Crippen molar-refractivity contribution >= 4 is 17.4 Å². The quantitative estimate of drug-likeness (QED) is 0.421. The van der Waals surface area contributed by atoms with Gasteiger partial charge in [-0.3, -0.25) is 0 Å². The van der Waals surface area contributed by atoms with Gasteiger partial charge >= 0.3 is 27.8 Å². The second kappa shape index (κ2) is 2.42. The van der Waals surface area contributed by atoms with E-state index in [1.54, 1.807) is 0 Å². The fraction of sp³-hybridized carbons (Fsp3) is 0. The molecule has 0 amide bonds. The zero-order chi connectivity index (χ0) is 4.50. The Kier molecular flexibility index (Phi) is 3.84. The van der Waals surface area contributed by atoms with Crippen LogP contribution in [0.3, 0.4) is 0 Å². The molecule has 0 aliphatic rings. The van der Waals surface area contributed by atoms with E-state index in [-0.39, 0.29) is 17.4 Å². The van der Waals surface area contributed by atoms with E-state index in [1.807, 2.05) is 0 Å². The molecule has 0 atom stereocenters. The second-order valence-electron chi connectivity index (χ2n) is 0.333. The molecule has 4 nitrogen and oxygen atoms in total. The normalized spacial score (nSPS) is 9.33. The van der Waals surface area contributed by atoms with Gasteiger partial charge in [0.1, 0.15) is 0 Å². The molecule has 3 radical (unpaired) electrons. The van der Waals surface area contributed by atoms with Crippen molar-refractivity contribution in [1.82, 2.24) is 0 Å². The van der Waals surface area contributed by atoms with Crippen LogP contribution in [0.25, 0.3) is 0 Å². The van der Waals surface area contributed by atoms with Crippen LogP contribution < -0.4 is 0 Å². The predicted octanol–water partition coefficient (Wildman–Crippen LogP) is -0.859. The average molecular weight is 150 g/mol. The molecule has 36 valence electrons. The van der Waals surface area contributed by atoms with E-state index < -0.39 is 12.3 Å². The summed E-state index contributed by atoms with van der Waals surface area (Å²) in [6.45, 7) is 0. The third-order valence-corrected chi connectivity index (χ3v) is 0. The summed E-state index contributed by atoms with van der Waals surface area (Å²) in [6, 6.07) is 0. The first-order valence-electron chi connectivity index (χ1n) is 0.544. The van der Waals surface area contributed by atoms with Gasteiger partial charge in [0.2, 0.25) is 0 Å². The molecule has 6 heavy (non-hydrogen) atoms. The van der Waals surface area contributed by atoms with E-state index in [0.717, 1.165) is 0 Å². The fourth-order valence-corrected chi connectivity index (χ4v) is 0. The zero-order valence-corrected chi connectivity index (χ0v) is 4.74. The van der Waals surface area contributed by atoms with Crippen molar-refractivity contribution in [2.75, 3.05) is 0 Å². The van der Waals surface area contributed by atoms with E-state index in [4.69, 9.17) is 15.5 Å². The van der Waals surface area contributed by atoms with E-state index in [1.165, 1.54) is 0 Å². The molecule has 0 saturated carbocycles. The molecule has 0 aliphatic heterocycles. The van der Waals surface area contributed by atoms with Crippen molar-refractivity contribution in [1.29, 1.82) is 0 Å². The van der Waals surface area contributed by atoms with Crippen LogP contribution in [0.2, 0.25) is 0 Å². The predicted molar refractivity (Wildman–Crippen MR) is 8.50 cm³/mol. The van der Waals surface area contributed by atoms with Crippen molar-refractivity contribution in [3.63, 3.8) is 0 Å². The molecule has 0 rings (SSSR count). The molecule has 0 aromatic heterocycles. The van der Waals surface area contributed by atoms with Crippen molar-refractivity contribution in [3.05, 3.63) is 0 Å². The Hall–Kier alpha value is 0.239. The molecule has 0 bridgehead atoms. The standard InChI is InChI=1S/Al.Co.4O. The molecule has 0 saturated heterocycles. The molecule has 0 fully saturated rings. The molecule has 0 spiro atoms. The summed E-state index contributed by atoms with van der Waals surface area (Å²) in [7, 11) is 0. The summed E-state index contributed by atoms with van der Waals surface area (Å²) < 4.78 is 34.2. The van der Waals surface area contributed by atoms with Crippen LogP contribution >= 0.6 is 0 Å². The van der Waals surface area contributed by atoms with Crippen LogP contribution in [0.1, 0.15) is 0 Å². The van der Waals surface area contributed by atoms with Gasteiger partial charge in [-0.1, -0.05) is 0 Å². The number of hydrogen-bond donors (Lipinski definition) is 0. The topological polar surface area (TPSA) is 68.3 Å². The van der Waals surface area contributed by atoms with Gasteiger partial charge in [-0.05, 0) is 0 Å². The molecular weight excluding hydrogens is 150 g/mol. The Morgan fingerprint density at radius 1 is 0.833 bits per heavy atom. The number of rotatable bonds is 0. The molecule has 0 aromatic carbocycles. The van der Waals surface area contributed by atoms with Gasteiger partial charge < -0.3 is 0 Å². The summed E-state index contributed by atoms with van der Waals surface area (Å²) >= 11 is -5.38. The molecule has 0 aromatic rings. The SMILES string of the molecule is [Al].[O]=[Co](=[O])(=[O])=[O]. The minimum absolute atomic E-state index is 0. The van der Waals surface area contributed by atoms with Crippen molar-refractivity contribution < 1.29 is 27.8 Å². The molecular formula is AlCoO4. The van der Waals surface area contributed by atoms with Crippen LogP contribution in [-0.4, -0.2) is 17.4 Å². The van der Waals surface area contributed by atoms with Gasteiger partial charge in [0.15, 0.2) is 0 Å². The third kappa shape index (κ3) is 779. The Morgan fingerprint density at radius 2 is 0.833 bits per heavy atom. The molecule has 0 aliphatic carbocycles. The summed E-state index contributed by atoms with van der Waals surface area (Å²) in [4.78, 5) is 0. The van der Waals surface area contributed by atoms with Crippen LogP contribution in [-0.2, 0) is 27.8 Å². The van der Waals surface area contributed by atoms with Crippen molar-refractivity contribution in [3.8, 4) is 0 Å². The zero-order valence-electron chi connectivity index (χ0n) is 2.54. The molecule has 6 heteroatoms. The molecule has 0 unspecified atom stereocenters. The molecule has 0 N–H and O–H groups in total. The van der Waals surface area contributed by atoms with Gasteiger partial charge in [0.05, 0.1) is 0 Å². The van der Waals surface area contributed by atoms with Gasteiger partial charge in [-0.25, -0.2) is 0 Å². The van der Waals surface area contributed by atoms with E-state index >= 15 is 0 Å². The average Bonchev–Trinajstić information content (AvgIpc) is 0.722. The third-order valence-electron chi connectivity index (χ3n) is 0. The van der Waals surface area contributed by atoms with Crippen molar-refractivity contribution in [2.45, 2.75) is 0 Å². The van der Waals surface area contributed by atoms with Crippen LogP contribution in [0, 0.1) is 0 Å². The monoisotopic (exact) mass is 150 g/mol. The van der Waals surface area contributed by atoms with Gasteiger partial charge in [-0.15, -0.1) is 0 Å². The first kappa shape index (κ1) is 9.53. The molecule has 0 heterocycles. The van der Waals surface area contributed by atoms with E-state index in [2.05, 4.69) is 0 Å². The Bertz CT molecular complexity index is 159. The second-order valence-corrected chi connectivity index (χ2v) is 1.37. The first-order chi connectivity index (χ1) is 2.00. The fourth-order valence-electron chi connectivity index (χ4n) is 0. The summed E-state index contributed by atoms with van der Waals surface area (Å²) in [6.07, 6.45) is 0. The van der Waals surface area contributed by atoms with Gasteiger partial charge in [0, 0.05) is 17.4 Å². The van der Waals surface area contributed by atoms with Crippen LogP contribution in [0.15, 0.2) is 0 Å². The van der Waals surface area contributed by atoms with Gasteiger partial charge in [0.25, 0.3) is 0 Å². The summed E-state index contributed by atoms with van der Waals surface area (Å²) in [5.41, 5.74) is 0. The summed E-state index contributed by atoms with van der Waals surface area (Å²) in [5, 5.41) is 0. The Balaban J connectivity index is 0. The minimum atomic E-state index is -5.38. The van der Waals surface area contributed by atoms with E-state index in [9.17, 15) is 0 Å². The Labute approximate surface area is 45.6 Å². The summed E-state index contributed by atoms with van der Waals surface area (Å²) in [5.74, 6) is 0. The maximum absolute atomic E-state index is 8.55. The maximum atomic E-state index is 8.55. The van der Waals surface area contributed by atoms with Crippen molar-refractivity contribution in [2.24, 2.45) is 0 Å². The first-order valence-corrected chi connectivity index (χ1v) is 2.24. The van der Waals surface area contributed by atoms with Gasteiger partial charge in [-0.2, -0.15) is 0 Å². The van der Waals surface area contributed by atoms with Crippen LogP contribution in [0.5, 0.6) is 0 Å². The van der Waals surface area contributed by atoms with Crippen LogP contribution in [0.4, 0.5) is 0 Å². The number of hydrogen-bond acceptors (Lipinski definition) is 4. The van der Waals surface area contributed by atoms with E-state index in [0.29, 0.717) is 0 Å².